The second-order valence-corrected chi connectivity index (χ2v) is 5.94. The number of alkyl halides is 3. The summed E-state index contributed by atoms with van der Waals surface area (Å²) in [5.74, 6) is -1.10. The monoisotopic (exact) mass is 408 g/mol. The number of benzene rings is 2. The zero-order valence-electron chi connectivity index (χ0n) is 15.5. The molecular weight excluding hydrogens is 389 g/mol. The number of aldehydes is 1. The van der Waals surface area contributed by atoms with Crippen molar-refractivity contribution in [3.05, 3.63) is 59.7 Å². The molecule has 0 saturated heterocycles. The summed E-state index contributed by atoms with van der Waals surface area (Å²) in [5, 5.41) is 2.19. The van der Waals surface area contributed by atoms with Crippen LogP contribution in [0.1, 0.15) is 22.8 Å². The molecule has 0 aliphatic carbocycles. The molecule has 9 heteroatoms. The number of halogens is 3. The van der Waals surface area contributed by atoms with Gasteiger partial charge in [-0.3, -0.25) is 14.4 Å². The molecule has 0 atom stereocenters. The van der Waals surface area contributed by atoms with Crippen LogP contribution in [0.3, 0.4) is 0 Å². The van der Waals surface area contributed by atoms with E-state index < -0.39 is 36.7 Å². The van der Waals surface area contributed by atoms with Gasteiger partial charge in [-0.05, 0) is 31.2 Å². The van der Waals surface area contributed by atoms with Crippen molar-refractivity contribution < 1.29 is 32.3 Å². The molecule has 2 rings (SSSR count). The van der Waals surface area contributed by atoms with E-state index in [-0.39, 0.29) is 23.5 Å². The number of ether oxygens (including phenoxy) is 1. The molecule has 0 saturated carbocycles. The number of amides is 2. The number of para-hydroxylation sites is 2. The van der Waals surface area contributed by atoms with Crippen molar-refractivity contribution in [1.82, 2.24) is 4.90 Å². The highest BCUT2D eigenvalue weighted by molar-refractivity contribution is 5.95. The van der Waals surface area contributed by atoms with Crippen molar-refractivity contribution in [2.75, 3.05) is 25.0 Å². The summed E-state index contributed by atoms with van der Waals surface area (Å²) in [5.41, 5.74) is -1.09. The smallest absolute Gasteiger partial charge is 0.418 e. The van der Waals surface area contributed by atoms with Crippen molar-refractivity contribution >= 4 is 23.8 Å². The molecule has 0 radical (unpaired) electrons. The Kier molecular flexibility index (Phi) is 7.35. The Morgan fingerprint density at radius 2 is 1.76 bits per heavy atom. The van der Waals surface area contributed by atoms with Gasteiger partial charge in [-0.15, -0.1) is 0 Å². The molecule has 0 aliphatic heterocycles. The quantitative estimate of drug-likeness (QED) is 0.680. The second kappa shape index (κ2) is 9.72. The van der Waals surface area contributed by atoms with Gasteiger partial charge in [0.1, 0.15) is 5.75 Å². The van der Waals surface area contributed by atoms with Gasteiger partial charge in [-0.2, -0.15) is 13.2 Å². The fourth-order valence-corrected chi connectivity index (χ4v) is 2.52. The van der Waals surface area contributed by atoms with E-state index in [1.54, 1.807) is 19.1 Å². The highest BCUT2D eigenvalue weighted by Crippen LogP contribution is 2.34. The Hall–Kier alpha value is -3.36. The minimum atomic E-state index is -4.62. The molecule has 0 aromatic heterocycles. The maximum Gasteiger partial charge on any atom is 0.418 e. The third-order valence-electron chi connectivity index (χ3n) is 3.97. The molecule has 2 amide bonds. The van der Waals surface area contributed by atoms with Crippen molar-refractivity contribution in [3.8, 4) is 5.75 Å². The summed E-state index contributed by atoms with van der Waals surface area (Å²) < 4.78 is 44.4. The van der Waals surface area contributed by atoms with Gasteiger partial charge in [0.2, 0.25) is 5.91 Å². The number of rotatable bonds is 8. The third kappa shape index (κ3) is 6.06. The number of carbonyl (C=O) groups excluding carboxylic acids is 3. The van der Waals surface area contributed by atoms with E-state index in [4.69, 9.17) is 4.74 Å². The Balaban J connectivity index is 1.99. The van der Waals surface area contributed by atoms with Crippen molar-refractivity contribution in [3.63, 3.8) is 0 Å². The molecule has 0 aliphatic rings. The Morgan fingerprint density at radius 3 is 2.41 bits per heavy atom. The highest BCUT2D eigenvalue weighted by Gasteiger charge is 2.33. The van der Waals surface area contributed by atoms with E-state index >= 15 is 0 Å². The van der Waals surface area contributed by atoms with Gasteiger partial charge in [-0.25, -0.2) is 0 Å². The normalized spacial score (nSPS) is 10.9. The van der Waals surface area contributed by atoms with Crippen LogP contribution >= 0.6 is 0 Å². The van der Waals surface area contributed by atoms with Crippen LogP contribution in [0.25, 0.3) is 0 Å². The van der Waals surface area contributed by atoms with Crippen LogP contribution in [0.5, 0.6) is 5.75 Å². The number of hydrogen-bond acceptors (Lipinski definition) is 4. The molecule has 2 aromatic rings. The molecule has 0 heterocycles. The Morgan fingerprint density at radius 1 is 1.10 bits per heavy atom. The number of nitrogens with zero attached hydrogens (tertiary/aromatic N) is 1. The minimum Gasteiger partial charge on any atom is -0.483 e. The molecule has 0 bridgehead atoms. The summed E-state index contributed by atoms with van der Waals surface area (Å²) in [6.45, 7) is 0.894. The number of likely N-dealkylation sites (N-methyl/N-ethyl adjacent to an activating group) is 1. The predicted molar refractivity (Wildman–Crippen MR) is 99.7 cm³/mol. The molecule has 0 fully saturated rings. The first-order valence-corrected chi connectivity index (χ1v) is 8.67. The van der Waals surface area contributed by atoms with Crippen LogP contribution in [0, 0.1) is 0 Å². The van der Waals surface area contributed by atoms with E-state index in [0.29, 0.717) is 6.29 Å². The van der Waals surface area contributed by atoms with E-state index in [0.717, 1.165) is 17.0 Å². The lowest BCUT2D eigenvalue weighted by Gasteiger charge is -2.21. The van der Waals surface area contributed by atoms with Gasteiger partial charge in [0.25, 0.3) is 5.91 Å². The molecule has 0 spiro atoms. The van der Waals surface area contributed by atoms with E-state index in [1.165, 1.54) is 24.3 Å². The van der Waals surface area contributed by atoms with E-state index in [9.17, 15) is 27.6 Å². The van der Waals surface area contributed by atoms with Gasteiger partial charge < -0.3 is 15.0 Å². The zero-order valence-corrected chi connectivity index (χ0v) is 15.5. The molecule has 29 heavy (non-hydrogen) atoms. The SMILES string of the molecule is CCN(CC(=O)Nc1ccccc1C(F)(F)F)C(=O)COc1ccccc1C=O. The van der Waals surface area contributed by atoms with E-state index in [2.05, 4.69) is 5.32 Å². The average molecular weight is 408 g/mol. The lowest BCUT2D eigenvalue weighted by molar-refractivity contribution is -0.137. The number of carbonyl (C=O) groups is 3. The van der Waals surface area contributed by atoms with E-state index in [1.807, 2.05) is 0 Å². The fourth-order valence-electron chi connectivity index (χ4n) is 2.52. The first kappa shape index (κ1) is 21.9. The van der Waals surface area contributed by atoms with Gasteiger partial charge in [0, 0.05) is 6.54 Å². The first-order valence-electron chi connectivity index (χ1n) is 8.67. The third-order valence-corrected chi connectivity index (χ3v) is 3.97. The standard InChI is InChI=1S/C20H19F3N2O4/c1-2-25(19(28)13-29-17-10-6-3-7-14(17)12-26)11-18(27)24-16-9-5-4-8-15(16)20(21,22)23/h3-10,12H,2,11,13H2,1H3,(H,24,27). The van der Waals surface area contributed by atoms with Crippen molar-refractivity contribution in [1.29, 1.82) is 0 Å². The van der Waals surface area contributed by atoms with Crippen LogP contribution in [0.2, 0.25) is 0 Å². The zero-order chi connectivity index (χ0) is 21.4. The topological polar surface area (TPSA) is 75.7 Å². The summed E-state index contributed by atoms with van der Waals surface area (Å²) >= 11 is 0. The minimum absolute atomic E-state index is 0.145. The number of nitrogens with one attached hydrogen (secondary N) is 1. The molecule has 1 N–H and O–H groups in total. The molecular formula is C20H19F3N2O4. The lowest BCUT2D eigenvalue weighted by atomic mass is 10.1. The predicted octanol–water partition coefficient (Wildman–Crippen LogP) is 3.38. The Labute approximate surface area is 165 Å². The number of hydrogen-bond donors (Lipinski definition) is 1. The van der Waals surface area contributed by atoms with Crippen LogP contribution in [-0.2, 0) is 15.8 Å². The molecule has 0 unspecified atom stereocenters. The maximum atomic E-state index is 13.0. The number of anilines is 1. The summed E-state index contributed by atoms with van der Waals surface area (Å²) in [4.78, 5) is 36.6. The Bertz CT molecular complexity index is 884. The van der Waals surface area contributed by atoms with Crippen molar-refractivity contribution in [2.45, 2.75) is 13.1 Å². The van der Waals surface area contributed by atoms with Crippen LogP contribution in [-0.4, -0.2) is 42.7 Å². The maximum absolute atomic E-state index is 13.0. The average Bonchev–Trinajstić information content (AvgIpc) is 2.70. The van der Waals surface area contributed by atoms with Crippen LogP contribution in [0.4, 0.5) is 18.9 Å². The van der Waals surface area contributed by atoms with Gasteiger partial charge >= 0.3 is 6.18 Å². The molecule has 154 valence electrons. The summed E-state index contributed by atoms with van der Waals surface area (Å²) in [6.07, 6.45) is -4.03. The summed E-state index contributed by atoms with van der Waals surface area (Å²) in [7, 11) is 0. The van der Waals surface area contributed by atoms with Gasteiger partial charge in [0.05, 0.1) is 23.4 Å². The largest absolute Gasteiger partial charge is 0.483 e. The van der Waals surface area contributed by atoms with Gasteiger partial charge in [-0.1, -0.05) is 24.3 Å². The highest BCUT2D eigenvalue weighted by atomic mass is 19.4. The fraction of sp³-hybridized carbons (Fsp3) is 0.250. The van der Waals surface area contributed by atoms with Crippen LogP contribution in [0.15, 0.2) is 48.5 Å². The second-order valence-electron chi connectivity index (χ2n) is 5.94. The van der Waals surface area contributed by atoms with Gasteiger partial charge in [0.15, 0.2) is 12.9 Å². The van der Waals surface area contributed by atoms with Crippen LogP contribution < -0.4 is 10.1 Å². The first-order chi connectivity index (χ1) is 13.8. The van der Waals surface area contributed by atoms with Crippen molar-refractivity contribution in [2.24, 2.45) is 0 Å². The lowest BCUT2D eigenvalue weighted by Crippen LogP contribution is -2.40. The molecule has 2 aromatic carbocycles. The molecule has 6 nitrogen and oxygen atoms in total. The summed E-state index contributed by atoms with van der Waals surface area (Å²) in [6, 6.07) is 10.9.